The molecule has 1 fully saturated rings. The van der Waals surface area contributed by atoms with Crippen LogP contribution in [-0.2, 0) is 4.79 Å². The van der Waals surface area contributed by atoms with Gasteiger partial charge < -0.3 is 25.0 Å². The van der Waals surface area contributed by atoms with E-state index < -0.39 is 0 Å². The summed E-state index contributed by atoms with van der Waals surface area (Å²) in [7, 11) is 4.00. The average Bonchev–Trinajstić information content (AvgIpc) is 2.76. The van der Waals surface area contributed by atoms with Gasteiger partial charge in [0.05, 0.1) is 18.2 Å². The first-order chi connectivity index (χ1) is 14.8. The highest BCUT2D eigenvalue weighted by molar-refractivity contribution is 6.00. The topological polar surface area (TPSA) is 82.1 Å². The fourth-order valence-corrected chi connectivity index (χ4v) is 4.49. The van der Waals surface area contributed by atoms with Gasteiger partial charge in [-0.05, 0) is 52.1 Å². The SMILES string of the molecule is C[C@H]1CN([C@@H](C)CO)C(=O)c2cc(NC(=O)C3CCCCC3)ccc2O[C@@H]1CN(C)C. The lowest BCUT2D eigenvalue weighted by Gasteiger charge is -2.37. The van der Waals surface area contributed by atoms with Crippen molar-refractivity contribution in [3.8, 4) is 5.75 Å². The Bertz CT molecular complexity index is 776. The molecule has 0 saturated heterocycles. The van der Waals surface area contributed by atoms with E-state index in [0.29, 0.717) is 23.5 Å². The second kappa shape index (κ2) is 10.5. The quantitative estimate of drug-likeness (QED) is 0.724. The van der Waals surface area contributed by atoms with E-state index >= 15 is 0 Å². The predicted octanol–water partition coefficient (Wildman–Crippen LogP) is 2.99. The van der Waals surface area contributed by atoms with E-state index in [1.54, 1.807) is 17.0 Å². The molecule has 2 aliphatic rings. The molecule has 0 spiro atoms. The van der Waals surface area contributed by atoms with Crippen LogP contribution in [0.15, 0.2) is 18.2 Å². The van der Waals surface area contributed by atoms with E-state index in [4.69, 9.17) is 4.74 Å². The molecular formula is C24H37N3O4. The van der Waals surface area contributed by atoms with Gasteiger partial charge >= 0.3 is 0 Å². The highest BCUT2D eigenvalue weighted by Crippen LogP contribution is 2.31. The number of anilines is 1. The van der Waals surface area contributed by atoms with Crippen LogP contribution in [0, 0.1) is 11.8 Å². The molecule has 3 rings (SSSR count). The van der Waals surface area contributed by atoms with Crippen LogP contribution in [-0.4, -0.2) is 72.7 Å². The van der Waals surface area contributed by atoms with Crippen molar-refractivity contribution < 1.29 is 19.4 Å². The Morgan fingerprint density at radius 1 is 1.29 bits per heavy atom. The average molecular weight is 432 g/mol. The zero-order valence-corrected chi connectivity index (χ0v) is 19.3. The van der Waals surface area contributed by atoms with Gasteiger partial charge in [-0.1, -0.05) is 26.2 Å². The fourth-order valence-electron chi connectivity index (χ4n) is 4.49. The summed E-state index contributed by atoms with van der Waals surface area (Å²) in [4.78, 5) is 29.9. The maximum atomic E-state index is 13.4. The number of carbonyl (C=O) groups is 2. The van der Waals surface area contributed by atoms with E-state index in [1.165, 1.54) is 6.42 Å². The van der Waals surface area contributed by atoms with Crippen molar-refractivity contribution in [2.75, 3.05) is 39.1 Å². The molecule has 7 heteroatoms. The molecule has 172 valence electrons. The van der Waals surface area contributed by atoms with E-state index in [-0.39, 0.29) is 42.4 Å². The van der Waals surface area contributed by atoms with Gasteiger partial charge in [-0.15, -0.1) is 0 Å². The normalized spacial score (nSPS) is 23.5. The van der Waals surface area contributed by atoms with E-state index in [0.717, 1.165) is 32.2 Å². The van der Waals surface area contributed by atoms with Crippen molar-refractivity contribution in [3.05, 3.63) is 23.8 Å². The first-order valence-corrected chi connectivity index (χ1v) is 11.5. The number of aliphatic hydroxyl groups is 1. The Hall–Kier alpha value is -2.12. The number of hydrogen-bond donors (Lipinski definition) is 2. The molecule has 31 heavy (non-hydrogen) atoms. The number of likely N-dealkylation sites (N-methyl/N-ethyl adjacent to an activating group) is 1. The molecular weight excluding hydrogens is 394 g/mol. The number of rotatable bonds is 6. The lowest BCUT2D eigenvalue weighted by molar-refractivity contribution is -0.120. The summed E-state index contributed by atoms with van der Waals surface area (Å²) in [6.45, 7) is 5.03. The largest absolute Gasteiger partial charge is 0.488 e. The van der Waals surface area contributed by atoms with Crippen molar-refractivity contribution in [2.45, 2.75) is 58.1 Å². The third-order valence-corrected chi connectivity index (χ3v) is 6.45. The number of amides is 2. The summed E-state index contributed by atoms with van der Waals surface area (Å²) >= 11 is 0. The summed E-state index contributed by atoms with van der Waals surface area (Å²) in [6.07, 6.45) is 5.12. The molecule has 0 aromatic heterocycles. The monoisotopic (exact) mass is 431 g/mol. The van der Waals surface area contributed by atoms with Crippen molar-refractivity contribution in [1.82, 2.24) is 9.80 Å². The van der Waals surface area contributed by atoms with Gasteiger partial charge in [0.2, 0.25) is 5.91 Å². The third-order valence-electron chi connectivity index (χ3n) is 6.45. The molecule has 1 aromatic rings. The number of carbonyl (C=O) groups excluding carboxylic acids is 2. The Kier molecular flexibility index (Phi) is 7.94. The molecule has 7 nitrogen and oxygen atoms in total. The summed E-state index contributed by atoms with van der Waals surface area (Å²) in [5.74, 6) is 0.506. The molecule has 0 bridgehead atoms. The molecule has 0 unspecified atom stereocenters. The summed E-state index contributed by atoms with van der Waals surface area (Å²) in [5.41, 5.74) is 1.04. The van der Waals surface area contributed by atoms with E-state index in [1.807, 2.05) is 27.1 Å². The molecule has 0 radical (unpaired) electrons. The standard InChI is InChI=1S/C24H37N3O4/c1-16-13-27(17(2)15-28)24(30)20-12-19(25-23(29)18-8-6-5-7-9-18)10-11-21(20)31-22(16)14-26(3)4/h10-12,16-18,22,28H,5-9,13-15H2,1-4H3,(H,25,29)/t16-,17-,22+/m0/s1. The van der Waals surface area contributed by atoms with Gasteiger partial charge in [0.25, 0.3) is 5.91 Å². The Balaban J connectivity index is 1.90. The number of ether oxygens (including phenoxy) is 1. The minimum absolute atomic E-state index is 0.0264. The summed E-state index contributed by atoms with van der Waals surface area (Å²) in [6, 6.07) is 5.01. The molecule has 1 aliphatic carbocycles. The second-order valence-corrected chi connectivity index (χ2v) is 9.42. The van der Waals surface area contributed by atoms with Crippen LogP contribution >= 0.6 is 0 Å². The number of nitrogens with one attached hydrogen (secondary N) is 1. The van der Waals surface area contributed by atoms with Crippen LogP contribution in [0.1, 0.15) is 56.3 Å². The predicted molar refractivity (Wildman–Crippen MR) is 121 cm³/mol. The minimum Gasteiger partial charge on any atom is -0.488 e. The molecule has 1 saturated carbocycles. The Morgan fingerprint density at radius 3 is 2.65 bits per heavy atom. The van der Waals surface area contributed by atoms with E-state index in [9.17, 15) is 14.7 Å². The van der Waals surface area contributed by atoms with Crippen LogP contribution in [0.25, 0.3) is 0 Å². The number of nitrogens with zero attached hydrogens (tertiary/aromatic N) is 2. The maximum absolute atomic E-state index is 13.4. The maximum Gasteiger partial charge on any atom is 0.258 e. The summed E-state index contributed by atoms with van der Waals surface area (Å²) < 4.78 is 6.30. The number of hydrogen-bond acceptors (Lipinski definition) is 5. The molecule has 2 N–H and O–H groups in total. The van der Waals surface area contributed by atoms with Crippen molar-refractivity contribution >= 4 is 17.5 Å². The van der Waals surface area contributed by atoms with Gasteiger partial charge in [-0.3, -0.25) is 9.59 Å². The van der Waals surface area contributed by atoms with Crippen LogP contribution in [0.5, 0.6) is 5.75 Å². The van der Waals surface area contributed by atoms with Crippen LogP contribution in [0.2, 0.25) is 0 Å². The fraction of sp³-hybridized carbons (Fsp3) is 0.667. The zero-order chi connectivity index (χ0) is 22.5. The third kappa shape index (κ3) is 5.77. The molecule has 1 aliphatic heterocycles. The van der Waals surface area contributed by atoms with Crippen LogP contribution < -0.4 is 10.1 Å². The molecule has 3 atom stereocenters. The first-order valence-electron chi connectivity index (χ1n) is 11.5. The Labute approximate surface area is 185 Å². The highest BCUT2D eigenvalue weighted by Gasteiger charge is 2.33. The van der Waals surface area contributed by atoms with Crippen molar-refractivity contribution in [3.63, 3.8) is 0 Å². The zero-order valence-electron chi connectivity index (χ0n) is 19.3. The number of fused-ring (bicyclic) bond motifs is 1. The Morgan fingerprint density at radius 2 is 2.00 bits per heavy atom. The van der Waals surface area contributed by atoms with E-state index in [2.05, 4.69) is 17.1 Å². The van der Waals surface area contributed by atoms with Gasteiger partial charge in [0.1, 0.15) is 11.9 Å². The number of aliphatic hydroxyl groups excluding tert-OH is 1. The lowest BCUT2D eigenvalue weighted by atomic mass is 9.88. The van der Waals surface area contributed by atoms with Crippen molar-refractivity contribution in [2.24, 2.45) is 11.8 Å². The van der Waals surface area contributed by atoms with Crippen LogP contribution in [0.4, 0.5) is 5.69 Å². The van der Waals surface area contributed by atoms with Gasteiger partial charge in [0, 0.05) is 30.6 Å². The van der Waals surface area contributed by atoms with Gasteiger partial charge in [-0.2, -0.15) is 0 Å². The van der Waals surface area contributed by atoms with Gasteiger partial charge in [0.15, 0.2) is 0 Å². The molecule has 1 heterocycles. The molecule has 2 amide bonds. The van der Waals surface area contributed by atoms with Crippen LogP contribution in [0.3, 0.4) is 0 Å². The first kappa shape index (κ1) is 23.5. The van der Waals surface area contributed by atoms with Gasteiger partial charge in [-0.25, -0.2) is 0 Å². The van der Waals surface area contributed by atoms with Crippen molar-refractivity contribution in [1.29, 1.82) is 0 Å². The lowest BCUT2D eigenvalue weighted by Crippen LogP contribution is -2.49. The number of benzene rings is 1. The molecule has 1 aromatic carbocycles. The minimum atomic E-state index is -0.304. The second-order valence-electron chi connectivity index (χ2n) is 9.42. The summed E-state index contributed by atoms with van der Waals surface area (Å²) in [5, 5.41) is 12.7. The highest BCUT2D eigenvalue weighted by atomic mass is 16.5. The smallest absolute Gasteiger partial charge is 0.258 e.